The minimum Gasteiger partial charge on any atom is -0.474 e. The predicted octanol–water partition coefficient (Wildman–Crippen LogP) is 5.30. The van der Waals surface area contributed by atoms with Gasteiger partial charge in [-0.2, -0.15) is 0 Å². The minimum atomic E-state index is -3.35. The smallest absolute Gasteiger partial charge is 0.407 e. The van der Waals surface area contributed by atoms with E-state index in [-0.39, 0.29) is 36.7 Å². The van der Waals surface area contributed by atoms with Crippen LogP contribution >= 0.6 is 11.2 Å². The van der Waals surface area contributed by atoms with E-state index in [0.29, 0.717) is 48.9 Å². The molecule has 11 nitrogen and oxygen atoms in total. The fourth-order valence-corrected chi connectivity index (χ4v) is 5.40. The van der Waals surface area contributed by atoms with Gasteiger partial charge in [0.2, 0.25) is 22.9 Å². The van der Waals surface area contributed by atoms with Crippen LogP contribution in [0.15, 0.2) is 30.6 Å². The SMILES string of the molecule is Cc1c(Oc2ccc(CC3COS(O)(O)OC3)cc2)ncnc1OC1CCN(C(=O)O)C(C(C)(C)C)C1. The number of benzene rings is 1. The van der Waals surface area contributed by atoms with E-state index < -0.39 is 17.2 Å². The molecule has 3 heterocycles. The lowest BCUT2D eigenvalue weighted by Gasteiger charge is -2.44. The summed E-state index contributed by atoms with van der Waals surface area (Å²) in [6.07, 6.45) is 2.14. The van der Waals surface area contributed by atoms with Crippen molar-refractivity contribution in [3.05, 3.63) is 41.7 Å². The highest BCUT2D eigenvalue weighted by atomic mass is 32.3. The Morgan fingerprint density at radius 2 is 1.78 bits per heavy atom. The summed E-state index contributed by atoms with van der Waals surface area (Å²) in [5.41, 5.74) is 1.48. The van der Waals surface area contributed by atoms with Gasteiger partial charge < -0.3 is 19.5 Å². The Morgan fingerprint density at radius 3 is 2.41 bits per heavy atom. The van der Waals surface area contributed by atoms with Crippen LogP contribution in [0.5, 0.6) is 17.5 Å². The van der Waals surface area contributed by atoms with Crippen molar-refractivity contribution in [3.8, 4) is 17.5 Å². The maximum absolute atomic E-state index is 11.7. The van der Waals surface area contributed by atoms with Crippen molar-refractivity contribution in [1.82, 2.24) is 14.9 Å². The van der Waals surface area contributed by atoms with Crippen molar-refractivity contribution in [2.75, 3.05) is 19.8 Å². The lowest BCUT2D eigenvalue weighted by molar-refractivity contribution is 0.0113. The van der Waals surface area contributed by atoms with Gasteiger partial charge in [0.15, 0.2) is 0 Å². The summed E-state index contributed by atoms with van der Waals surface area (Å²) in [6, 6.07) is 7.37. The molecule has 2 aromatic rings. The Balaban J connectivity index is 1.38. The van der Waals surface area contributed by atoms with Gasteiger partial charge in [0.25, 0.3) is 0 Å². The number of amides is 1. The molecular weight excluding hydrogens is 502 g/mol. The van der Waals surface area contributed by atoms with Gasteiger partial charge in [-0.1, -0.05) is 32.9 Å². The van der Waals surface area contributed by atoms with Crippen molar-refractivity contribution >= 4 is 17.2 Å². The number of nitrogens with zero attached hydrogens (tertiary/aromatic N) is 3. The second-order valence-corrected chi connectivity index (χ2v) is 11.9. The number of carboxylic acid groups (broad SMARTS) is 1. The molecule has 2 atom stereocenters. The first-order valence-corrected chi connectivity index (χ1v) is 13.6. The zero-order chi connectivity index (χ0) is 26.8. The summed E-state index contributed by atoms with van der Waals surface area (Å²) in [7, 11) is 0. The molecule has 0 aliphatic carbocycles. The van der Waals surface area contributed by atoms with Gasteiger partial charge in [0, 0.05) is 31.3 Å². The Morgan fingerprint density at radius 1 is 1.14 bits per heavy atom. The topological polar surface area (TPSA) is 144 Å². The van der Waals surface area contributed by atoms with E-state index in [1.54, 1.807) is 0 Å². The van der Waals surface area contributed by atoms with Crippen LogP contribution in [0.1, 0.15) is 44.7 Å². The summed E-state index contributed by atoms with van der Waals surface area (Å²) >= 11 is -3.35. The highest BCUT2D eigenvalue weighted by Crippen LogP contribution is 2.45. The molecule has 37 heavy (non-hydrogen) atoms. The van der Waals surface area contributed by atoms with Gasteiger partial charge in [0.05, 0.1) is 18.8 Å². The first-order chi connectivity index (χ1) is 17.4. The first kappa shape index (κ1) is 27.4. The molecule has 0 radical (unpaired) electrons. The molecule has 12 heteroatoms. The molecule has 1 aromatic heterocycles. The van der Waals surface area contributed by atoms with Crippen LogP contribution in [-0.4, -0.2) is 67.1 Å². The Labute approximate surface area is 218 Å². The third-order valence-electron chi connectivity index (χ3n) is 6.65. The van der Waals surface area contributed by atoms with Gasteiger partial charge in [-0.05, 0) is 36.5 Å². The average molecular weight is 538 g/mol. The standard InChI is InChI=1S/C25H35N3O8S/c1-16-22(35-19-7-5-17(6-8-19)11-18-13-33-37(31,32)34-14-18)26-15-27-23(16)36-20-9-10-28(24(29)30)21(12-20)25(2,3)4/h5-8,15,18,20-21,31-32H,9-14H2,1-4H3,(H,29,30). The van der Waals surface area contributed by atoms with Gasteiger partial charge in [0.1, 0.15) is 18.2 Å². The largest absolute Gasteiger partial charge is 0.474 e. The lowest BCUT2D eigenvalue weighted by Crippen LogP contribution is -2.53. The molecule has 2 fully saturated rings. The molecule has 0 spiro atoms. The van der Waals surface area contributed by atoms with Crippen molar-refractivity contribution in [1.29, 1.82) is 0 Å². The maximum Gasteiger partial charge on any atom is 0.407 e. The average Bonchev–Trinajstić information content (AvgIpc) is 2.83. The van der Waals surface area contributed by atoms with Gasteiger partial charge >= 0.3 is 6.09 Å². The number of rotatable bonds is 6. The molecule has 2 unspecified atom stereocenters. The van der Waals surface area contributed by atoms with E-state index in [2.05, 4.69) is 9.97 Å². The van der Waals surface area contributed by atoms with Crippen molar-refractivity contribution in [2.24, 2.45) is 11.3 Å². The Bertz CT molecular complexity index is 1080. The van der Waals surface area contributed by atoms with E-state index >= 15 is 0 Å². The highest BCUT2D eigenvalue weighted by Gasteiger charge is 2.39. The molecule has 1 aromatic carbocycles. The molecule has 1 amide bonds. The molecule has 4 rings (SSSR count). The maximum atomic E-state index is 11.7. The van der Waals surface area contributed by atoms with E-state index in [4.69, 9.17) is 17.8 Å². The Hall–Kier alpha value is -2.64. The number of hydrogen-bond acceptors (Lipinski definition) is 9. The van der Waals surface area contributed by atoms with E-state index in [1.165, 1.54) is 11.2 Å². The number of likely N-dealkylation sites (tertiary alicyclic amines) is 1. The second-order valence-electron chi connectivity index (χ2n) is 10.6. The Kier molecular flexibility index (Phi) is 8.14. The monoisotopic (exact) mass is 537 g/mol. The summed E-state index contributed by atoms with van der Waals surface area (Å²) in [5, 5.41) is 9.61. The number of aromatic nitrogens is 2. The normalized spacial score (nSPS) is 23.4. The fraction of sp³-hybridized carbons (Fsp3) is 0.560. The van der Waals surface area contributed by atoms with Gasteiger partial charge in [-0.15, -0.1) is 0 Å². The second kappa shape index (κ2) is 11.0. The summed E-state index contributed by atoms with van der Waals surface area (Å²) in [6.45, 7) is 8.79. The molecule has 0 bridgehead atoms. The lowest BCUT2D eigenvalue weighted by atomic mass is 9.80. The third kappa shape index (κ3) is 7.02. The number of carbonyl (C=O) groups is 1. The highest BCUT2D eigenvalue weighted by molar-refractivity contribution is 8.16. The van der Waals surface area contributed by atoms with Crippen molar-refractivity contribution in [2.45, 2.75) is 59.1 Å². The molecule has 204 valence electrons. The number of ether oxygens (including phenoxy) is 2. The molecule has 2 aliphatic rings. The van der Waals surface area contributed by atoms with Crippen LogP contribution in [0, 0.1) is 18.3 Å². The van der Waals surface area contributed by atoms with Crippen LogP contribution in [0.4, 0.5) is 4.79 Å². The molecule has 0 saturated carbocycles. The van der Waals surface area contributed by atoms with Gasteiger partial charge in [-0.25, -0.2) is 14.8 Å². The van der Waals surface area contributed by atoms with Crippen molar-refractivity contribution < 1.29 is 36.8 Å². The van der Waals surface area contributed by atoms with E-state index in [9.17, 15) is 19.0 Å². The third-order valence-corrected chi connectivity index (χ3v) is 7.53. The van der Waals surface area contributed by atoms with Crippen LogP contribution < -0.4 is 9.47 Å². The molecule has 2 aliphatic heterocycles. The molecular formula is C25H35N3O8S. The number of piperidine rings is 1. The summed E-state index contributed by atoms with van der Waals surface area (Å²) < 4.78 is 40.9. The summed E-state index contributed by atoms with van der Waals surface area (Å²) in [4.78, 5) is 21.8. The van der Waals surface area contributed by atoms with E-state index in [0.717, 1.165) is 5.56 Å². The van der Waals surface area contributed by atoms with Crippen LogP contribution in [0.2, 0.25) is 0 Å². The quantitative estimate of drug-likeness (QED) is 0.444. The zero-order valence-electron chi connectivity index (χ0n) is 21.5. The zero-order valence-corrected chi connectivity index (χ0v) is 22.3. The fourth-order valence-electron chi connectivity index (χ4n) is 4.60. The van der Waals surface area contributed by atoms with Crippen LogP contribution in [-0.2, 0) is 14.8 Å². The molecule has 3 N–H and O–H groups in total. The minimum absolute atomic E-state index is 0.0238. The predicted molar refractivity (Wildman–Crippen MR) is 137 cm³/mol. The summed E-state index contributed by atoms with van der Waals surface area (Å²) in [5.74, 6) is 1.43. The molecule has 2 saturated heterocycles. The van der Waals surface area contributed by atoms with Crippen molar-refractivity contribution in [3.63, 3.8) is 0 Å². The van der Waals surface area contributed by atoms with Crippen LogP contribution in [0.25, 0.3) is 0 Å². The van der Waals surface area contributed by atoms with Crippen LogP contribution in [0.3, 0.4) is 0 Å². The van der Waals surface area contributed by atoms with Gasteiger partial charge in [-0.3, -0.25) is 17.5 Å². The van der Waals surface area contributed by atoms with E-state index in [1.807, 2.05) is 52.0 Å². The number of hydrogen-bond donors (Lipinski definition) is 3. The first-order valence-electron chi connectivity index (χ1n) is 12.2.